The third kappa shape index (κ3) is 5.49. The molecule has 0 bridgehead atoms. The molecule has 0 saturated carbocycles. The Hall–Kier alpha value is -3.20. The van der Waals surface area contributed by atoms with Crippen LogP contribution in [0.2, 0.25) is 0 Å². The number of alkyl halides is 3. The van der Waals surface area contributed by atoms with Crippen LogP contribution >= 0.6 is 0 Å². The van der Waals surface area contributed by atoms with Gasteiger partial charge in [0.15, 0.2) is 0 Å². The zero-order valence-corrected chi connectivity index (χ0v) is 17.1. The van der Waals surface area contributed by atoms with Crippen molar-refractivity contribution in [3.8, 4) is 0 Å². The Bertz CT molecular complexity index is 1080. The number of anilines is 1. The number of carbonyl (C=O) groups is 1. The van der Waals surface area contributed by atoms with Crippen LogP contribution in [0.4, 0.5) is 19.0 Å². The monoisotopic (exact) mass is 432 g/mol. The molecule has 0 saturated heterocycles. The van der Waals surface area contributed by atoms with Gasteiger partial charge in [0, 0.05) is 23.7 Å². The fourth-order valence-corrected chi connectivity index (χ4v) is 3.09. The maximum Gasteiger partial charge on any atom is 0.417 e. The van der Waals surface area contributed by atoms with Crippen molar-refractivity contribution in [3.63, 3.8) is 0 Å². The predicted octanol–water partition coefficient (Wildman–Crippen LogP) is 3.95. The van der Waals surface area contributed by atoms with Crippen LogP contribution in [-0.4, -0.2) is 38.5 Å². The summed E-state index contributed by atoms with van der Waals surface area (Å²) in [6.45, 7) is 3.66. The van der Waals surface area contributed by atoms with Crippen LogP contribution in [0.5, 0.6) is 0 Å². The van der Waals surface area contributed by atoms with E-state index in [0.29, 0.717) is 29.0 Å². The van der Waals surface area contributed by atoms with Crippen LogP contribution in [0.3, 0.4) is 0 Å². The first-order valence-electron chi connectivity index (χ1n) is 9.71. The van der Waals surface area contributed by atoms with Crippen molar-refractivity contribution in [1.29, 1.82) is 0 Å². The van der Waals surface area contributed by atoms with Crippen molar-refractivity contribution in [3.05, 3.63) is 65.0 Å². The molecule has 3 N–H and O–H groups in total. The number of halogens is 3. The summed E-state index contributed by atoms with van der Waals surface area (Å²) in [6, 6.07) is 9.05. The van der Waals surface area contributed by atoms with E-state index in [9.17, 15) is 23.1 Å². The van der Waals surface area contributed by atoms with Gasteiger partial charge >= 0.3 is 6.18 Å². The summed E-state index contributed by atoms with van der Waals surface area (Å²) in [5, 5.41) is 10.4. The summed E-state index contributed by atoms with van der Waals surface area (Å²) in [5.41, 5.74) is 7.14. The molecule has 31 heavy (non-hydrogen) atoms. The van der Waals surface area contributed by atoms with Crippen molar-refractivity contribution in [2.24, 2.45) is 0 Å². The zero-order valence-electron chi connectivity index (χ0n) is 17.1. The molecule has 1 atom stereocenters. The summed E-state index contributed by atoms with van der Waals surface area (Å²) >= 11 is 0. The van der Waals surface area contributed by atoms with Gasteiger partial charge in [-0.2, -0.15) is 13.2 Å². The minimum Gasteiger partial charge on any atom is -0.393 e. The predicted molar refractivity (Wildman–Crippen MR) is 111 cm³/mol. The van der Waals surface area contributed by atoms with Crippen LogP contribution in [0.15, 0.2) is 42.6 Å². The van der Waals surface area contributed by atoms with Gasteiger partial charge in [0.2, 0.25) is 0 Å². The fourth-order valence-electron chi connectivity index (χ4n) is 3.09. The fraction of sp³-hybridized carbons (Fsp3) is 0.318. The van der Waals surface area contributed by atoms with Crippen LogP contribution in [0.25, 0.3) is 10.9 Å². The Kier molecular flexibility index (Phi) is 6.45. The molecule has 3 aromatic rings. The number of benzene rings is 1. The average Bonchev–Trinajstić information content (AvgIpc) is 2.70. The number of hydrogen-bond acceptors (Lipinski definition) is 5. The van der Waals surface area contributed by atoms with E-state index >= 15 is 0 Å². The maximum atomic E-state index is 13.2. The Labute approximate surface area is 177 Å². The van der Waals surface area contributed by atoms with Crippen molar-refractivity contribution in [1.82, 2.24) is 14.9 Å². The Morgan fingerprint density at radius 2 is 1.97 bits per heavy atom. The van der Waals surface area contributed by atoms with Gasteiger partial charge in [-0.3, -0.25) is 9.78 Å². The summed E-state index contributed by atoms with van der Waals surface area (Å²) in [7, 11) is 0. The molecule has 164 valence electrons. The van der Waals surface area contributed by atoms with Gasteiger partial charge in [-0.05, 0) is 62.2 Å². The number of pyridine rings is 2. The molecule has 2 heterocycles. The SMILES string of the molecule is Cc1cc2cc(C(=O)N(CC[C@@H](C)O)Cc3ccc(C(F)(F)F)cn3)ccc2nc1N. The lowest BCUT2D eigenvalue weighted by atomic mass is 10.1. The number of aryl methyl sites for hydroxylation is 1. The topological polar surface area (TPSA) is 92.3 Å². The van der Waals surface area contributed by atoms with Crippen molar-refractivity contribution in [2.45, 2.75) is 39.1 Å². The molecule has 0 aliphatic heterocycles. The molecule has 0 spiro atoms. The number of nitrogens with zero attached hydrogens (tertiary/aromatic N) is 3. The first-order chi connectivity index (χ1) is 14.5. The summed E-state index contributed by atoms with van der Waals surface area (Å²) < 4.78 is 38.3. The van der Waals surface area contributed by atoms with Gasteiger partial charge in [0.25, 0.3) is 5.91 Å². The molecule has 9 heteroatoms. The molecule has 0 fully saturated rings. The third-order valence-corrected chi connectivity index (χ3v) is 4.90. The van der Waals surface area contributed by atoms with Gasteiger partial charge in [-0.1, -0.05) is 0 Å². The lowest BCUT2D eigenvalue weighted by Gasteiger charge is -2.23. The minimum atomic E-state index is -4.48. The lowest BCUT2D eigenvalue weighted by molar-refractivity contribution is -0.137. The van der Waals surface area contributed by atoms with Crippen LogP contribution < -0.4 is 5.73 Å². The maximum absolute atomic E-state index is 13.2. The second kappa shape index (κ2) is 8.89. The molecule has 3 rings (SSSR count). The summed E-state index contributed by atoms with van der Waals surface area (Å²) in [5.74, 6) is 0.0947. The van der Waals surface area contributed by atoms with E-state index in [1.165, 1.54) is 11.0 Å². The second-order valence-corrected chi connectivity index (χ2v) is 7.50. The largest absolute Gasteiger partial charge is 0.417 e. The number of amides is 1. The van der Waals surface area contributed by atoms with E-state index in [-0.39, 0.29) is 19.0 Å². The number of nitrogen functional groups attached to an aromatic ring is 1. The van der Waals surface area contributed by atoms with E-state index in [1.807, 2.05) is 13.0 Å². The quantitative estimate of drug-likeness (QED) is 0.615. The van der Waals surface area contributed by atoms with Crippen molar-refractivity contribution >= 4 is 22.6 Å². The number of fused-ring (bicyclic) bond motifs is 1. The van der Waals surface area contributed by atoms with E-state index in [0.717, 1.165) is 23.2 Å². The van der Waals surface area contributed by atoms with E-state index in [1.54, 1.807) is 25.1 Å². The van der Waals surface area contributed by atoms with Crippen LogP contribution in [-0.2, 0) is 12.7 Å². The molecule has 0 aliphatic carbocycles. The number of carbonyl (C=O) groups excluding carboxylic acids is 1. The van der Waals surface area contributed by atoms with E-state index in [2.05, 4.69) is 9.97 Å². The summed E-state index contributed by atoms with van der Waals surface area (Å²) in [6.07, 6.45) is -4.05. The highest BCUT2D eigenvalue weighted by atomic mass is 19.4. The third-order valence-electron chi connectivity index (χ3n) is 4.90. The first-order valence-corrected chi connectivity index (χ1v) is 9.71. The highest BCUT2D eigenvalue weighted by Crippen LogP contribution is 2.28. The van der Waals surface area contributed by atoms with E-state index in [4.69, 9.17) is 5.73 Å². The van der Waals surface area contributed by atoms with Crippen LogP contribution in [0.1, 0.15) is 40.5 Å². The zero-order chi connectivity index (χ0) is 22.8. The molecular weight excluding hydrogens is 409 g/mol. The Morgan fingerprint density at radius 1 is 1.23 bits per heavy atom. The first kappa shape index (κ1) is 22.5. The average molecular weight is 432 g/mol. The highest BCUT2D eigenvalue weighted by Gasteiger charge is 2.30. The van der Waals surface area contributed by atoms with Gasteiger partial charge in [0.1, 0.15) is 5.82 Å². The molecule has 6 nitrogen and oxygen atoms in total. The smallest absolute Gasteiger partial charge is 0.393 e. The van der Waals surface area contributed by atoms with Crippen molar-refractivity contribution in [2.75, 3.05) is 12.3 Å². The molecule has 0 aliphatic rings. The van der Waals surface area contributed by atoms with E-state index < -0.39 is 17.8 Å². The minimum absolute atomic E-state index is 0.0146. The molecule has 0 radical (unpaired) electrons. The molecule has 1 aromatic carbocycles. The number of rotatable bonds is 6. The molecular formula is C22H23F3N4O2. The second-order valence-electron chi connectivity index (χ2n) is 7.50. The normalized spacial score (nSPS) is 12.7. The molecule has 0 unspecified atom stereocenters. The number of hydrogen-bond donors (Lipinski definition) is 2. The number of aromatic nitrogens is 2. The van der Waals surface area contributed by atoms with Gasteiger partial charge in [-0.15, -0.1) is 0 Å². The van der Waals surface area contributed by atoms with Crippen LogP contribution in [0, 0.1) is 6.92 Å². The van der Waals surface area contributed by atoms with Crippen molar-refractivity contribution < 1.29 is 23.1 Å². The lowest BCUT2D eigenvalue weighted by Crippen LogP contribution is -2.33. The highest BCUT2D eigenvalue weighted by molar-refractivity contribution is 5.98. The molecule has 1 amide bonds. The Balaban J connectivity index is 1.88. The molecule has 2 aromatic heterocycles. The van der Waals surface area contributed by atoms with Gasteiger partial charge in [-0.25, -0.2) is 4.98 Å². The standard InChI is InChI=1S/C22H23F3N4O2/c1-13-9-16-10-15(3-6-19(16)28-20(13)26)21(31)29(8-7-14(2)30)12-18-5-4-17(11-27-18)22(23,24)25/h3-6,9-11,14,30H,7-8,12H2,1-2H3,(H2,26,28)/t14-/m1/s1. The van der Waals surface area contributed by atoms with Gasteiger partial charge < -0.3 is 15.7 Å². The number of aliphatic hydroxyl groups is 1. The number of aliphatic hydroxyl groups excluding tert-OH is 1. The van der Waals surface area contributed by atoms with Gasteiger partial charge in [0.05, 0.1) is 29.4 Å². The Morgan fingerprint density at radius 3 is 2.58 bits per heavy atom. The number of nitrogens with two attached hydrogens (primary N) is 1. The summed E-state index contributed by atoms with van der Waals surface area (Å²) in [4.78, 5) is 22.8.